The van der Waals surface area contributed by atoms with Crippen molar-refractivity contribution in [3.8, 4) is 11.5 Å². The average Bonchev–Trinajstić information content (AvgIpc) is 3.42. The zero-order valence-electron chi connectivity index (χ0n) is 16.3. The van der Waals surface area contributed by atoms with Crippen LogP contribution >= 0.6 is 0 Å². The molecule has 0 aromatic heterocycles. The Morgan fingerprint density at radius 3 is 2.45 bits per heavy atom. The first-order valence-corrected chi connectivity index (χ1v) is 10.3. The van der Waals surface area contributed by atoms with E-state index in [1.165, 1.54) is 0 Å². The molecule has 1 aromatic carbocycles. The minimum absolute atomic E-state index is 0.0194. The number of nitrogens with zero attached hydrogens (tertiary/aromatic N) is 2. The van der Waals surface area contributed by atoms with E-state index in [-0.39, 0.29) is 42.3 Å². The molecule has 2 saturated heterocycles. The molecule has 154 valence electrons. The van der Waals surface area contributed by atoms with Crippen LogP contribution in [0.3, 0.4) is 0 Å². The van der Waals surface area contributed by atoms with Crippen molar-refractivity contribution in [3.05, 3.63) is 23.8 Å². The zero-order chi connectivity index (χ0) is 20.0. The van der Waals surface area contributed by atoms with Gasteiger partial charge in [0.05, 0.1) is 5.92 Å². The number of ether oxygens (including phenoxy) is 2. The number of nitrogens with one attached hydrogen (secondary N) is 1. The molecule has 1 N–H and O–H groups in total. The molecule has 1 saturated carbocycles. The van der Waals surface area contributed by atoms with Gasteiger partial charge in [-0.05, 0) is 36.5 Å². The van der Waals surface area contributed by atoms with Gasteiger partial charge in [0.25, 0.3) is 0 Å². The van der Waals surface area contributed by atoms with Crippen molar-refractivity contribution in [2.45, 2.75) is 25.2 Å². The molecule has 1 aromatic rings. The summed E-state index contributed by atoms with van der Waals surface area (Å²) in [6.07, 6.45) is 1.89. The number of rotatable bonds is 3. The molecule has 4 aliphatic rings. The molecule has 5 rings (SSSR count). The lowest BCUT2D eigenvalue weighted by atomic mass is 9.97. The quantitative estimate of drug-likeness (QED) is 0.809. The minimum Gasteiger partial charge on any atom is -0.454 e. The summed E-state index contributed by atoms with van der Waals surface area (Å²) in [4.78, 5) is 40.6. The van der Waals surface area contributed by atoms with Crippen LogP contribution in [0.15, 0.2) is 18.2 Å². The molecule has 0 spiro atoms. The Bertz CT molecular complexity index is 839. The van der Waals surface area contributed by atoms with Gasteiger partial charge in [-0.15, -0.1) is 0 Å². The van der Waals surface area contributed by atoms with Gasteiger partial charge in [-0.1, -0.05) is 6.07 Å². The third kappa shape index (κ3) is 3.52. The van der Waals surface area contributed by atoms with E-state index < -0.39 is 0 Å². The number of carbonyl (C=O) groups is 3. The van der Waals surface area contributed by atoms with Gasteiger partial charge in [-0.2, -0.15) is 0 Å². The fourth-order valence-corrected chi connectivity index (χ4v) is 4.56. The SMILES string of the molecule is O=C1CCC(C(=O)N2CCN(C(=O)C3CC3c3ccc4c(c3)OCO4)CC2)CN1. The number of hydrogen-bond donors (Lipinski definition) is 1. The monoisotopic (exact) mass is 399 g/mol. The standard InChI is InChI=1S/C21H25N3O5/c25-19-4-2-14(11-22-19)20(26)23-5-7-24(8-6-23)21(27)16-10-15(16)13-1-3-17-18(9-13)29-12-28-17/h1,3,9,14-16H,2,4-8,10-12H2,(H,22,25). The smallest absolute Gasteiger partial charge is 0.231 e. The molecular weight excluding hydrogens is 374 g/mol. The number of amides is 3. The van der Waals surface area contributed by atoms with Crippen molar-refractivity contribution in [2.24, 2.45) is 11.8 Å². The van der Waals surface area contributed by atoms with Gasteiger partial charge in [0.2, 0.25) is 24.5 Å². The Morgan fingerprint density at radius 2 is 1.72 bits per heavy atom. The fourth-order valence-electron chi connectivity index (χ4n) is 4.56. The van der Waals surface area contributed by atoms with E-state index in [0.29, 0.717) is 45.6 Å². The first-order chi connectivity index (χ1) is 14.1. The highest BCUT2D eigenvalue weighted by Crippen LogP contribution is 2.50. The molecule has 3 unspecified atom stereocenters. The Labute approximate surface area is 169 Å². The number of hydrogen-bond acceptors (Lipinski definition) is 5. The Morgan fingerprint density at radius 1 is 1.00 bits per heavy atom. The van der Waals surface area contributed by atoms with Gasteiger partial charge < -0.3 is 24.6 Å². The molecule has 1 aliphatic carbocycles. The van der Waals surface area contributed by atoms with E-state index in [0.717, 1.165) is 23.5 Å². The molecule has 29 heavy (non-hydrogen) atoms. The number of carbonyl (C=O) groups excluding carboxylic acids is 3. The Hall–Kier alpha value is -2.77. The molecule has 3 fully saturated rings. The van der Waals surface area contributed by atoms with Crippen LogP contribution in [-0.2, 0) is 14.4 Å². The highest BCUT2D eigenvalue weighted by atomic mass is 16.7. The largest absolute Gasteiger partial charge is 0.454 e. The van der Waals surface area contributed by atoms with Gasteiger partial charge in [0, 0.05) is 45.1 Å². The maximum absolute atomic E-state index is 12.9. The zero-order valence-corrected chi connectivity index (χ0v) is 16.3. The van der Waals surface area contributed by atoms with Gasteiger partial charge in [0.1, 0.15) is 0 Å². The third-order valence-corrected chi connectivity index (χ3v) is 6.45. The van der Waals surface area contributed by atoms with E-state index in [1.54, 1.807) is 0 Å². The molecule has 3 heterocycles. The second-order valence-corrected chi connectivity index (χ2v) is 8.25. The van der Waals surface area contributed by atoms with Crippen LogP contribution in [0.5, 0.6) is 11.5 Å². The van der Waals surface area contributed by atoms with Crippen LogP contribution in [0.1, 0.15) is 30.7 Å². The van der Waals surface area contributed by atoms with E-state index in [1.807, 2.05) is 28.0 Å². The fraction of sp³-hybridized carbons (Fsp3) is 0.571. The van der Waals surface area contributed by atoms with Gasteiger partial charge in [-0.3, -0.25) is 14.4 Å². The first-order valence-electron chi connectivity index (χ1n) is 10.3. The van der Waals surface area contributed by atoms with Crippen LogP contribution in [0.2, 0.25) is 0 Å². The van der Waals surface area contributed by atoms with E-state index >= 15 is 0 Å². The van der Waals surface area contributed by atoms with E-state index in [9.17, 15) is 14.4 Å². The molecule has 3 atom stereocenters. The summed E-state index contributed by atoms with van der Waals surface area (Å²) >= 11 is 0. The summed E-state index contributed by atoms with van der Waals surface area (Å²) < 4.78 is 10.8. The van der Waals surface area contributed by atoms with Crippen LogP contribution in [0, 0.1) is 11.8 Å². The van der Waals surface area contributed by atoms with Gasteiger partial charge >= 0.3 is 0 Å². The molecular formula is C21H25N3O5. The highest BCUT2D eigenvalue weighted by molar-refractivity contribution is 5.85. The average molecular weight is 399 g/mol. The summed E-state index contributed by atoms with van der Waals surface area (Å²) in [5.41, 5.74) is 1.13. The lowest BCUT2D eigenvalue weighted by Gasteiger charge is -2.37. The summed E-state index contributed by atoms with van der Waals surface area (Å²) in [5.74, 6) is 1.95. The predicted octanol–water partition coefficient (Wildman–Crippen LogP) is 0.716. The highest BCUT2D eigenvalue weighted by Gasteiger charge is 2.46. The first kappa shape index (κ1) is 18.3. The topological polar surface area (TPSA) is 88.2 Å². The third-order valence-electron chi connectivity index (χ3n) is 6.45. The number of benzene rings is 1. The number of fused-ring (bicyclic) bond motifs is 1. The van der Waals surface area contributed by atoms with Crippen LogP contribution in [0.4, 0.5) is 0 Å². The molecule has 0 bridgehead atoms. The second-order valence-electron chi connectivity index (χ2n) is 8.25. The second kappa shape index (κ2) is 7.24. The molecule has 3 aliphatic heterocycles. The van der Waals surface area contributed by atoms with Crippen LogP contribution in [-0.4, -0.2) is 67.0 Å². The lowest BCUT2D eigenvalue weighted by Crippen LogP contribution is -2.54. The maximum Gasteiger partial charge on any atom is 0.231 e. The molecule has 8 nitrogen and oxygen atoms in total. The summed E-state index contributed by atoms with van der Waals surface area (Å²) in [6.45, 7) is 2.97. The predicted molar refractivity (Wildman–Crippen MR) is 102 cm³/mol. The molecule has 0 radical (unpaired) electrons. The van der Waals surface area contributed by atoms with Crippen LogP contribution < -0.4 is 14.8 Å². The summed E-state index contributed by atoms with van der Waals surface area (Å²) in [5, 5.41) is 2.77. The number of piperidine rings is 1. The summed E-state index contributed by atoms with van der Waals surface area (Å²) in [6, 6.07) is 5.92. The van der Waals surface area contributed by atoms with Gasteiger partial charge in [-0.25, -0.2) is 0 Å². The van der Waals surface area contributed by atoms with Gasteiger partial charge in [0.15, 0.2) is 11.5 Å². The molecule has 3 amide bonds. The molecule has 8 heteroatoms. The lowest BCUT2D eigenvalue weighted by molar-refractivity contribution is -0.143. The van der Waals surface area contributed by atoms with Crippen molar-refractivity contribution in [1.82, 2.24) is 15.1 Å². The van der Waals surface area contributed by atoms with Crippen molar-refractivity contribution < 1.29 is 23.9 Å². The van der Waals surface area contributed by atoms with E-state index in [2.05, 4.69) is 5.32 Å². The normalized spacial score (nSPS) is 28.1. The number of piperazine rings is 1. The minimum atomic E-state index is -0.131. The van der Waals surface area contributed by atoms with Crippen molar-refractivity contribution in [1.29, 1.82) is 0 Å². The van der Waals surface area contributed by atoms with E-state index in [4.69, 9.17) is 9.47 Å². The Kier molecular flexibility index (Phi) is 4.56. The van der Waals surface area contributed by atoms with Crippen molar-refractivity contribution in [3.63, 3.8) is 0 Å². The van der Waals surface area contributed by atoms with Crippen LogP contribution in [0.25, 0.3) is 0 Å². The maximum atomic E-state index is 12.9. The Balaban J connectivity index is 1.13. The van der Waals surface area contributed by atoms with Crippen molar-refractivity contribution >= 4 is 17.7 Å². The summed E-state index contributed by atoms with van der Waals surface area (Å²) in [7, 11) is 0. The van der Waals surface area contributed by atoms with Crippen molar-refractivity contribution in [2.75, 3.05) is 39.5 Å².